The van der Waals surface area contributed by atoms with E-state index in [1.54, 1.807) is 36.5 Å². The van der Waals surface area contributed by atoms with Gasteiger partial charge in [0.15, 0.2) is 15.5 Å². The SMILES string of the molecule is CS(=O)(=O)c1cccc(-c2nc3c(Cl)ccnc3[nH]2)c1. The molecule has 20 heavy (non-hydrogen) atoms. The number of aromatic amines is 1. The molecule has 0 amide bonds. The van der Waals surface area contributed by atoms with E-state index in [0.29, 0.717) is 27.6 Å². The number of fused-ring (bicyclic) bond motifs is 1. The van der Waals surface area contributed by atoms with Crippen LogP contribution >= 0.6 is 11.6 Å². The van der Waals surface area contributed by atoms with Crippen molar-refractivity contribution in [2.75, 3.05) is 6.26 Å². The monoisotopic (exact) mass is 307 g/mol. The zero-order valence-electron chi connectivity index (χ0n) is 10.5. The average Bonchev–Trinajstić information content (AvgIpc) is 2.83. The Morgan fingerprint density at radius 1 is 1.25 bits per heavy atom. The van der Waals surface area contributed by atoms with Crippen LogP contribution in [-0.2, 0) is 9.84 Å². The Morgan fingerprint density at radius 3 is 2.75 bits per heavy atom. The first kappa shape index (κ1) is 13.1. The maximum absolute atomic E-state index is 11.6. The first-order valence-corrected chi connectivity index (χ1v) is 8.03. The first-order valence-electron chi connectivity index (χ1n) is 5.76. The fourth-order valence-electron chi connectivity index (χ4n) is 1.89. The molecule has 0 bridgehead atoms. The molecule has 0 fully saturated rings. The maximum atomic E-state index is 11.6. The summed E-state index contributed by atoms with van der Waals surface area (Å²) in [7, 11) is -3.25. The number of nitrogens with one attached hydrogen (secondary N) is 1. The van der Waals surface area contributed by atoms with E-state index in [-0.39, 0.29) is 4.90 Å². The summed E-state index contributed by atoms with van der Waals surface area (Å²) in [6, 6.07) is 8.23. The van der Waals surface area contributed by atoms with Gasteiger partial charge < -0.3 is 4.98 Å². The second-order valence-corrected chi connectivity index (χ2v) is 6.80. The Bertz CT molecular complexity index is 903. The molecule has 3 aromatic rings. The summed E-state index contributed by atoms with van der Waals surface area (Å²) in [5.74, 6) is 0.533. The lowest BCUT2D eigenvalue weighted by Crippen LogP contribution is -1.97. The van der Waals surface area contributed by atoms with Crippen molar-refractivity contribution in [3.05, 3.63) is 41.6 Å². The highest BCUT2D eigenvalue weighted by molar-refractivity contribution is 7.90. The Labute approximate surface area is 120 Å². The van der Waals surface area contributed by atoms with Gasteiger partial charge >= 0.3 is 0 Å². The van der Waals surface area contributed by atoms with E-state index in [1.165, 1.54) is 6.26 Å². The van der Waals surface area contributed by atoms with Crippen LogP contribution in [0.25, 0.3) is 22.6 Å². The van der Waals surface area contributed by atoms with Crippen LogP contribution in [0.1, 0.15) is 0 Å². The highest BCUT2D eigenvalue weighted by Gasteiger charge is 2.12. The van der Waals surface area contributed by atoms with E-state index in [1.807, 2.05) is 0 Å². The fraction of sp³-hybridized carbons (Fsp3) is 0.0769. The third kappa shape index (κ3) is 2.28. The molecule has 1 N–H and O–H groups in total. The van der Waals surface area contributed by atoms with Crippen LogP contribution in [0.4, 0.5) is 0 Å². The van der Waals surface area contributed by atoms with Crippen molar-refractivity contribution in [3.63, 3.8) is 0 Å². The number of sulfone groups is 1. The minimum absolute atomic E-state index is 0.245. The Balaban J connectivity index is 2.19. The highest BCUT2D eigenvalue weighted by Crippen LogP contribution is 2.25. The quantitative estimate of drug-likeness (QED) is 0.789. The number of benzene rings is 1. The number of nitrogens with zero attached hydrogens (tertiary/aromatic N) is 2. The van der Waals surface area contributed by atoms with Gasteiger partial charge in [-0.25, -0.2) is 18.4 Å². The van der Waals surface area contributed by atoms with Crippen LogP contribution in [0.5, 0.6) is 0 Å². The van der Waals surface area contributed by atoms with Crippen molar-refractivity contribution in [1.82, 2.24) is 15.0 Å². The molecule has 0 atom stereocenters. The standard InChI is InChI=1S/C13H10ClN3O2S/c1-20(18,19)9-4-2-3-8(7-9)12-16-11-10(14)5-6-15-13(11)17-12/h2-7H,1H3,(H,15,16,17). The Kier molecular flexibility index (Phi) is 2.99. The van der Waals surface area contributed by atoms with Crippen LogP contribution in [-0.4, -0.2) is 29.6 Å². The molecule has 102 valence electrons. The maximum Gasteiger partial charge on any atom is 0.175 e. The predicted octanol–water partition coefficient (Wildman–Crippen LogP) is 2.68. The van der Waals surface area contributed by atoms with Gasteiger partial charge in [-0.2, -0.15) is 0 Å². The van der Waals surface area contributed by atoms with Crippen molar-refractivity contribution in [3.8, 4) is 11.4 Å². The van der Waals surface area contributed by atoms with E-state index in [2.05, 4.69) is 15.0 Å². The van der Waals surface area contributed by atoms with Crippen molar-refractivity contribution >= 4 is 32.6 Å². The largest absolute Gasteiger partial charge is 0.323 e. The number of pyridine rings is 1. The zero-order chi connectivity index (χ0) is 14.3. The third-order valence-corrected chi connectivity index (χ3v) is 4.29. The van der Waals surface area contributed by atoms with E-state index < -0.39 is 9.84 Å². The number of aromatic nitrogens is 3. The molecule has 0 aliphatic heterocycles. The minimum Gasteiger partial charge on any atom is -0.323 e. The third-order valence-electron chi connectivity index (χ3n) is 2.87. The molecule has 0 unspecified atom stereocenters. The van der Waals surface area contributed by atoms with E-state index >= 15 is 0 Å². The number of hydrogen-bond donors (Lipinski definition) is 1. The molecule has 2 heterocycles. The lowest BCUT2D eigenvalue weighted by Gasteiger charge is -2.00. The first-order chi connectivity index (χ1) is 9.45. The summed E-state index contributed by atoms with van der Waals surface area (Å²) in [5, 5.41) is 0.497. The summed E-state index contributed by atoms with van der Waals surface area (Å²) in [4.78, 5) is 11.8. The fourth-order valence-corrected chi connectivity index (χ4v) is 2.75. The normalized spacial score (nSPS) is 11.9. The van der Waals surface area contributed by atoms with E-state index in [4.69, 9.17) is 11.6 Å². The molecule has 3 rings (SSSR count). The number of rotatable bonds is 2. The average molecular weight is 308 g/mol. The van der Waals surface area contributed by atoms with Gasteiger partial charge in [-0.3, -0.25) is 0 Å². The van der Waals surface area contributed by atoms with Gasteiger partial charge in [0.25, 0.3) is 0 Å². The smallest absolute Gasteiger partial charge is 0.175 e. The van der Waals surface area contributed by atoms with Gasteiger partial charge in [0.05, 0.1) is 9.92 Å². The number of hydrogen-bond acceptors (Lipinski definition) is 4. The molecule has 0 radical (unpaired) electrons. The summed E-state index contributed by atoms with van der Waals surface area (Å²) in [6.07, 6.45) is 2.75. The van der Waals surface area contributed by atoms with Crippen molar-refractivity contribution in [2.24, 2.45) is 0 Å². The molecule has 7 heteroatoms. The molecular formula is C13H10ClN3O2S. The molecule has 2 aromatic heterocycles. The van der Waals surface area contributed by atoms with Crippen LogP contribution in [0.3, 0.4) is 0 Å². The summed E-state index contributed by atoms with van der Waals surface area (Å²) in [6.45, 7) is 0. The second kappa shape index (κ2) is 4.57. The predicted molar refractivity (Wildman–Crippen MR) is 77.4 cm³/mol. The minimum atomic E-state index is -3.25. The van der Waals surface area contributed by atoms with Gasteiger partial charge in [-0.05, 0) is 18.2 Å². The van der Waals surface area contributed by atoms with Crippen molar-refractivity contribution in [1.29, 1.82) is 0 Å². The topological polar surface area (TPSA) is 75.7 Å². The molecular weight excluding hydrogens is 298 g/mol. The van der Waals surface area contributed by atoms with Gasteiger partial charge in [0.2, 0.25) is 0 Å². The van der Waals surface area contributed by atoms with E-state index in [9.17, 15) is 8.42 Å². The molecule has 0 saturated heterocycles. The second-order valence-electron chi connectivity index (χ2n) is 4.38. The molecule has 5 nitrogen and oxygen atoms in total. The molecule has 0 aliphatic rings. The van der Waals surface area contributed by atoms with Crippen LogP contribution in [0.2, 0.25) is 5.02 Å². The Morgan fingerprint density at radius 2 is 2.05 bits per heavy atom. The lowest BCUT2D eigenvalue weighted by atomic mass is 10.2. The van der Waals surface area contributed by atoms with Crippen LogP contribution in [0.15, 0.2) is 41.4 Å². The number of H-pyrrole nitrogens is 1. The Hall–Kier alpha value is -1.92. The molecule has 0 spiro atoms. The van der Waals surface area contributed by atoms with Gasteiger partial charge in [0.1, 0.15) is 11.3 Å². The number of imidazole rings is 1. The van der Waals surface area contributed by atoms with Gasteiger partial charge in [-0.1, -0.05) is 23.7 Å². The van der Waals surface area contributed by atoms with Gasteiger partial charge in [-0.15, -0.1) is 0 Å². The van der Waals surface area contributed by atoms with Crippen LogP contribution < -0.4 is 0 Å². The summed E-state index contributed by atoms with van der Waals surface area (Å²) < 4.78 is 23.2. The summed E-state index contributed by atoms with van der Waals surface area (Å²) >= 11 is 6.04. The van der Waals surface area contributed by atoms with Gasteiger partial charge in [0, 0.05) is 18.0 Å². The molecule has 1 aromatic carbocycles. The molecule has 0 aliphatic carbocycles. The molecule has 0 saturated carbocycles. The van der Waals surface area contributed by atoms with E-state index in [0.717, 1.165) is 0 Å². The highest BCUT2D eigenvalue weighted by atomic mass is 35.5. The number of halogens is 1. The summed E-state index contributed by atoms with van der Waals surface area (Å²) in [5.41, 5.74) is 1.80. The van der Waals surface area contributed by atoms with Crippen LogP contribution in [0, 0.1) is 0 Å². The van der Waals surface area contributed by atoms with Crippen molar-refractivity contribution < 1.29 is 8.42 Å². The van der Waals surface area contributed by atoms with Crippen molar-refractivity contribution in [2.45, 2.75) is 4.90 Å². The zero-order valence-corrected chi connectivity index (χ0v) is 12.0. The lowest BCUT2D eigenvalue weighted by molar-refractivity contribution is 0.602.